The van der Waals surface area contributed by atoms with Crippen molar-refractivity contribution in [3.05, 3.63) is 28.8 Å². The van der Waals surface area contributed by atoms with Crippen LogP contribution in [0.1, 0.15) is 24.8 Å². The Labute approximate surface area is 131 Å². The maximum Gasteiger partial charge on any atom is 0.241 e. The molecule has 1 aromatic rings. The summed E-state index contributed by atoms with van der Waals surface area (Å²) in [5.41, 5.74) is 2.21. The first-order chi connectivity index (χ1) is 10.1. The quantitative estimate of drug-likeness (QED) is 0.927. The molecule has 1 saturated heterocycles. The van der Waals surface area contributed by atoms with Crippen molar-refractivity contribution in [1.29, 1.82) is 0 Å². The SMILES string of the molecule is CN1CCCN(c2c(Cl)cccc2CNC2CC2)CC1=O. The van der Waals surface area contributed by atoms with Crippen molar-refractivity contribution < 1.29 is 4.79 Å². The van der Waals surface area contributed by atoms with Crippen LogP contribution in [0.2, 0.25) is 5.02 Å². The van der Waals surface area contributed by atoms with Crippen molar-refractivity contribution in [3.8, 4) is 0 Å². The van der Waals surface area contributed by atoms with Gasteiger partial charge in [0.1, 0.15) is 0 Å². The van der Waals surface area contributed by atoms with E-state index in [1.54, 1.807) is 4.90 Å². The van der Waals surface area contributed by atoms with Crippen molar-refractivity contribution in [3.63, 3.8) is 0 Å². The molecule has 0 bridgehead atoms. The normalized spacial score (nSPS) is 19.8. The number of rotatable bonds is 4. The van der Waals surface area contributed by atoms with Crippen LogP contribution in [-0.4, -0.2) is 43.5 Å². The molecule has 0 radical (unpaired) electrons. The summed E-state index contributed by atoms with van der Waals surface area (Å²) < 4.78 is 0. The van der Waals surface area contributed by atoms with Gasteiger partial charge in [-0.25, -0.2) is 0 Å². The summed E-state index contributed by atoms with van der Waals surface area (Å²) in [7, 11) is 1.87. The fourth-order valence-electron chi connectivity index (χ4n) is 2.78. The van der Waals surface area contributed by atoms with E-state index in [2.05, 4.69) is 16.3 Å². The maximum atomic E-state index is 12.1. The molecule has 0 spiro atoms. The fourth-order valence-corrected chi connectivity index (χ4v) is 3.09. The minimum absolute atomic E-state index is 0.161. The molecule has 1 saturated carbocycles. The minimum Gasteiger partial charge on any atom is -0.361 e. The Hall–Kier alpha value is -1.26. The standard InChI is InChI=1S/C16H22ClN3O/c1-19-8-3-9-20(11-15(19)21)16-12(4-2-5-14(16)17)10-18-13-6-7-13/h2,4-5,13,18H,3,6-11H2,1H3. The number of likely N-dealkylation sites (N-methyl/N-ethyl adjacent to an activating group) is 1. The lowest BCUT2D eigenvalue weighted by molar-refractivity contribution is -0.127. The van der Waals surface area contributed by atoms with E-state index >= 15 is 0 Å². The number of amides is 1. The molecule has 1 amide bonds. The molecule has 3 rings (SSSR count). The van der Waals surface area contributed by atoms with Crippen LogP contribution >= 0.6 is 11.6 Å². The van der Waals surface area contributed by atoms with E-state index in [4.69, 9.17) is 11.6 Å². The average Bonchev–Trinajstić information content (AvgIpc) is 3.28. The Bertz CT molecular complexity index is 530. The van der Waals surface area contributed by atoms with Crippen LogP contribution in [0.3, 0.4) is 0 Å². The Kier molecular flexibility index (Phi) is 4.36. The van der Waals surface area contributed by atoms with E-state index in [0.717, 1.165) is 36.8 Å². The lowest BCUT2D eigenvalue weighted by Gasteiger charge is -2.26. The number of para-hydroxylation sites is 1. The first-order valence-electron chi connectivity index (χ1n) is 7.65. The number of carbonyl (C=O) groups is 1. The summed E-state index contributed by atoms with van der Waals surface area (Å²) in [6.45, 7) is 2.92. The molecule has 0 unspecified atom stereocenters. The van der Waals surface area contributed by atoms with Gasteiger partial charge in [-0.1, -0.05) is 23.7 Å². The minimum atomic E-state index is 0.161. The molecule has 0 aromatic heterocycles. The second kappa shape index (κ2) is 6.24. The number of hydrogen-bond donors (Lipinski definition) is 1. The zero-order valence-corrected chi connectivity index (χ0v) is 13.2. The number of anilines is 1. The van der Waals surface area contributed by atoms with Gasteiger partial charge in [-0.05, 0) is 30.9 Å². The highest BCUT2D eigenvalue weighted by Gasteiger charge is 2.24. The largest absolute Gasteiger partial charge is 0.361 e. The van der Waals surface area contributed by atoms with Crippen LogP contribution in [0.15, 0.2) is 18.2 Å². The maximum absolute atomic E-state index is 12.1. The van der Waals surface area contributed by atoms with Crippen molar-refractivity contribution >= 4 is 23.2 Å². The zero-order valence-electron chi connectivity index (χ0n) is 12.4. The first-order valence-corrected chi connectivity index (χ1v) is 8.02. The van der Waals surface area contributed by atoms with E-state index in [1.165, 1.54) is 18.4 Å². The van der Waals surface area contributed by atoms with E-state index in [0.29, 0.717) is 12.6 Å². The van der Waals surface area contributed by atoms with Crippen molar-refractivity contribution in [1.82, 2.24) is 10.2 Å². The van der Waals surface area contributed by atoms with E-state index in [9.17, 15) is 4.79 Å². The summed E-state index contributed by atoms with van der Waals surface area (Å²) in [4.78, 5) is 16.1. The van der Waals surface area contributed by atoms with Crippen molar-refractivity contribution in [2.24, 2.45) is 0 Å². The Balaban J connectivity index is 1.82. The van der Waals surface area contributed by atoms with Crippen LogP contribution in [0.4, 0.5) is 5.69 Å². The predicted molar refractivity (Wildman–Crippen MR) is 85.8 cm³/mol. The van der Waals surface area contributed by atoms with Crippen LogP contribution < -0.4 is 10.2 Å². The van der Waals surface area contributed by atoms with Gasteiger partial charge in [0, 0.05) is 32.7 Å². The van der Waals surface area contributed by atoms with Crippen molar-refractivity contribution in [2.45, 2.75) is 31.8 Å². The molecule has 21 heavy (non-hydrogen) atoms. The molecule has 1 heterocycles. The van der Waals surface area contributed by atoms with Gasteiger partial charge in [-0.15, -0.1) is 0 Å². The summed E-state index contributed by atoms with van der Waals surface area (Å²) >= 11 is 6.44. The van der Waals surface area contributed by atoms with Gasteiger partial charge in [-0.2, -0.15) is 0 Å². The molecule has 114 valence electrons. The van der Waals surface area contributed by atoms with Gasteiger partial charge in [0.25, 0.3) is 0 Å². The van der Waals surface area contributed by atoms with Gasteiger partial charge in [-0.3, -0.25) is 4.79 Å². The number of benzene rings is 1. The zero-order chi connectivity index (χ0) is 14.8. The smallest absolute Gasteiger partial charge is 0.241 e. The molecule has 1 aliphatic heterocycles. The fraction of sp³-hybridized carbons (Fsp3) is 0.562. The number of hydrogen-bond acceptors (Lipinski definition) is 3. The molecular formula is C16H22ClN3O. The predicted octanol–water partition coefficient (Wildman–Crippen LogP) is 2.26. The lowest BCUT2D eigenvalue weighted by atomic mass is 10.1. The third kappa shape index (κ3) is 3.50. The third-order valence-corrected chi connectivity index (χ3v) is 4.52. The summed E-state index contributed by atoms with van der Waals surface area (Å²) in [5.74, 6) is 0.161. The molecule has 0 atom stereocenters. The number of nitrogens with zero attached hydrogens (tertiary/aromatic N) is 2. The van der Waals surface area contributed by atoms with Crippen LogP contribution in [-0.2, 0) is 11.3 Å². The third-order valence-electron chi connectivity index (χ3n) is 4.22. The Morgan fingerprint density at radius 3 is 2.90 bits per heavy atom. The molecule has 2 aliphatic rings. The van der Waals surface area contributed by atoms with Gasteiger partial charge in [0.05, 0.1) is 17.3 Å². The second-order valence-corrected chi connectivity index (χ2v) is 6.40. The molecule has 2 fully saturated rings. The Morgan fingerprint density at radius 2 is 2.14 bits per heavy atom. The van der Waals surface area contributed by atoms with Crippen LogP contribution in [0.5, 0.6) is 0 Å². The average molecular weight is 308 g/mol. The van der Waals surface area contributed by atoms with Crippen LogP contribution in [0.25, 0.3) is 0 Å². The highest BCUT2D eigenvalue weighted by molar-refractivity contribution is 6.33. The molecule has 1 aromatic carbocycles. The van der Waals surface area contributed by atoms with Crippen molar-refractivity contribution in [2.75, 3.05) is 31.6 Å². The van der Waals surface area contributed by atoms with Gasteiger partial charge >= 0.3 is 0 Å². The van der Waals surface area contributed by atoms with Gasteiger partial charge < -0.3 is 15.1 Å². The first kappa shape index (κ1) is 14.7. The molecule has 1 N–H and O–H groups in total. The lowest BCUT2D eigenvalue weighted by Crippen LogP contribution is -2.35. The van der Waals surface area contributed by atoms with E-state index in [-0.39, 0.29) is 5.91 Å². The van der Waals surface area contributed by atoms with Gasteiger partial charge in [0.2, 0.25) is 5.91 Å². The summed E-state index contributed by atoms with van der Waals surface area (Å²) in [5, 5.41) is 4.27. The monoisotopic (exact) mass is 307 g/mol. The van der Waals surface area contributed by atoms with Gasteiger partial charge in [0.15, 0.2) is 0 Å². The number of halogens is 1. The van der Waals surface area contributed by atoms with E-state index < -0.39 is 0 Å². The highest BCUT2D eigenvalue weighted by Crippen LogP contribution is 2.31. The number of carbonyl (C=O) groups excluding carboxylic acids is 1. The number of nitrogens with one attached hydrogen (secondary N) is 1. The topological polar surface area (TPSA) is 35.6 Å². The van der Waals surface area contributed by atoms with Crippen LogP contribution in [0, 0.1) is 0 Å². The molecular weight excluding hydrogens is 286 g/mol. The highest BCUT2D eigenvalue weighted by atomic mass is 35.5. The second-order valence-electron chi connectivity index (χ2n) is 5.99. The molecule has 5 heteroatoms. The molecule has 1 aliphatic carbocycles. The molecule has 4 nitrogen and oxygen atoms in total. The van der Waals surface area contributed by atoms with E-state index in [1.807, 2.05) is 19.2 Å². The summed E-state index contributed by atoms with van der Waals surface area (Å²) in [6, 6.07) is 6.67. The summed E-state index contributed by atoms with van der Waals surface area (Å²) in [6.07, 6.45) is 3.51. The Morgan fingerprint density at radius 1 is 1.33 bits per heavy atom.